The fourth-order valence-electron chi connectivity index (χ4n) is 6.34. The highest BCUT2D eigenvalue weighted by molar-refractivity contribution is 7.92. The van der Waals surface area contributed by atoms with Crippen molar-refractivity contribution in [3.8, 4) is 28.7 Å². The van der Waals surface area contributed by atoms with Gasteiger partial charge in [0.2, 0.25) is 5.91 Å². The SMILES string of the molecule is COc1cc(C#N)c(-c2ccc(OCC(=O)O)cc2)cc1C(=O)NC1C2CCC(C2)C1C(=O)Nc1cccc(S(=O)(=O)C(F)(F)F)c1. The molecule has 2 aliphatic carbocycles. The van der Waals surface area contributed by atoms with Crippen LogP contribution in [-0.4, -0.2) is 56.6 Å². The molecule has 3 aromatic rings. The second-order valence-electron chi connectivity index (χ2n) is 11.2. The Balaban J connectivity index is 1.39. The summed E-state index contributed by atoms with van der Waals surface area (Å²) in [5.41, 5.74) is -4.44. The summed E-state index contributed by atoms with van der Waals surface area (Å²) in [6, 6.07) is 14.5. The Hall–Kier alpha value is -5.10. The Morgan fingerprint density at radius 3 is 2.38 bits per heavy atom. The average Bonchev–Trinajstić information content (AvgIpc) is 3.65. The number of aliphatic carboxylic acids is 1. The van der Waals surface area contributed by atoms with Crippen LogP contribution in [0.3, 0.4) is 0 Å². The number of alkyl halides is 3. The average molecular weight is 672 g/mol. The molecule has 2 bridgehead atoms. The molecule has 0 heterocycles. The topological polar surface area (TPSA) is 172 Å². The van der Waals surface area contributed by atoms with E-state index in [1.807, 2.05) is 0 Å². The number of carboxylic acids is 1. The fraction of sp³-hybridized carbons (Fsp3) is 0.312. The summed E-state index contributed by atoms with van der Waals surface area (Å²) in [5.74, 6) is -2.82. The highest BCUT2D eigenvalue weighted by Crippen LogP contribution is 2.49. The number of nitrogens with one attached hydrogen (secondary N) is 2. The lowest BCUT2D eigenvalue weighted by atomic mass is 9.83. The molecule has 0 radical (unpaired) electrons. The molecule has 0 saturated heterocycles. The number of amides is 2. The minimum atomic E-state index is -5.63. The first-order valence-electron chi connectivity index (χ1n) is 14.3. The maximum Gasteiger partial charge on any atom is 0.501 e. The second-order valence-corrected chi connectivity index (χ2v) is 13.2. The standard InChI is InChI=1S/C32H28F3N3O8S/c1-45-26-12-20(15-36)24(17-7-9-22(10-8-17)46-16-27(39)40)14-25(26)30(41)38-29-19-6-5-18(11-19)28(29)31(42)37-21-3-2-4-23(13-21)47(43,44)32(33,34)35/h2-4,7-10,12-14,18-19,28-29H,5-6,11,16H2,1H3,(H,37,42)(H,38,41)(H,39,40). The van der Waals surface area contributed by atoms with Crippen LogP contribution < -0.4 is 20.1 Å². The number of fused-ring (bicyclic) bond motifs is 2. The number of halogens is 3. The van der Waals surface area contributed by atoms with Crippen molar-refractivity contribution < 1.29 is 50.6 Å². The fourth-order valence-corrected chi connectivity index (χ4v) is 7.15. The first-order chi connectivity index (χ1) is 22.2. The van der Waals surface area contributed by atoms with Crippen LogP contribution in [0.5, 0.6) is 11.5 Å². The van der Waals surface area contributed by atoms with Crippen molar-refractivity contribution in [2.24, 2.45) is 17.8 Å². The van der Waals surface area contributed by atoms with Gasteiger partial charge in [-0.1, -0.05) is 18.2 Å². The van der Waals surface area contributed by atoms with Gasteiger partial charge < -0.3 is 25.2 Å². The number of hydrogen-bond acceptors (Lipinski definition) is 8. The smallest absolute Gasteiger partial charge is 0.496 e. The Morgan fingerprint density at radius 1 is 1.04 bits per heavy atom. The van der Waals surface area contributed by atoms with E-state index in [0.29, 0.717) is 24.0 Å². The molecule has 2 aliphatic rings. The van der Waals surface area contributed by atoms with Crippen molar-refractivity contribution in [3.63, 3.8) is 0 Å². The number of benzene rings is 3. The van der Waals surface area contributed by atoms with Crippen LogP contribution in [0, 0.1) is 29.1 Å². The number of methoxy groups -OCH3 is 1. The Kier molecular flexibility index (Phi) is 9.17. The molecule has 2 saturated carbocycles. The van der Waals surface area contributed by atoms with Crippen LogP contribution in [0.1, 0.15) is 35.2 Å². The summed E-state index contributed by atoms with van der Waals surface area (Å²) in [7, 11) is -4.30. The van der Waals surface area contributed by atoms with Crippen LogP contribution in [0.4, 0.5) is 18.9 Å². The number of ether oxygens (including phenoxy) is 2. The van der Waals surface area contributed by atoms with E-state index in [4.69, 9.17) is 14.6 Å². The molecule has 15 heteroatoms. The van der Waals surface area contributed by atoms with E-state index < -0.39 is 56.6 Å². The lowest BCUT2D eigenvalue weighted by Gasteiger charge is -2.31. The Bertz CT molecular complexity index is 1870. The first-order valence-corrected chi connectivity index (χ1v) is 15.8. The van der Waals surface area contributed by atoms with Crippen LogP contribution in [-0.2, 0) is 19.4 Å². The number of nitriles is 1. The maximum atomic E-state index is 13.8. The summed E-state index contributed by atoms with van der Waals surface area (Å²) < 4.78 is 73.7. The number of anilines is 1. The number of carbonyl (C=O) groups excluding carboxylic acids is 2. The molecule has 4 unspecified atom stereocenters. The van der Waals surface area contributed by atoms with E-state index in [-0.39, 0.29) is 40.1 Å². The summed E-state index contributed by atoms with van der Waals surface area (Å²) >= 11 is 0. The van der Waals surface area contributed by atoms with Crippen molar-refractivity contribution in [3.05, 3.63) is 71.8 Å². The van der Waals surface area contributed by atoms with Gasteiger partial charge in [-0.25, -0.2) is 13.2 Å². The highest BCUT2D eigenvalue weighted by atomic mass is 32.2. The van der Waals surface area contributed by atoms with Crippen LogP contribution in [0.25, 0.3) is 11.1 Å². The van der Waals surface area contributed by atoms with Crippen molar-refractivity contribution in [2.75, 3.05) is 19.0 Å². The zero-order valence-electron chi connectivity index (χ0n) is 24.7. The molecule has 4 atom stereocenters. The second kappa shape index (κ2) is 13.0. The third-order valence-corrected chi connectivity index (χ3v) is 9.95. The van der Waals surface area contributed by atoms with Gasteiger partial charge in [0.15, 0.2) is 6.61 Å². The summed E-state index contributed by atoms with van der Waals surface area (Å²) in [6.07, 6.45) is 2.08. The van der Waals surface area contributed by atoms with Gasteiger partial charge in [0.1, 0.15) is 11.5 Å². The minimum absolute atomic E-state index is 0.0566. The molecule has 5 rings (SSSR count). The van der Waals surface area contributed by atoms with Crippen LogP contribution in [0.15, 0.2) is 65.6 Å². The Morgan fingerprint density at radius 2 is 1.74 bits per heavy atom. The summed E-state index contributed by atoms with van der Waals surface area (Å²) in [4.78, 5) is 37.1. The van der Waals surface area contributed by atoms with Gasteiger partial charge in [0.25, 0.3) is 15.7 Å². The molecule has 3 N–H and O–H groups in total. The first kappa shape index (κ1) is 33.3. The van der Waals surface area contributed by atoms with Gasteiger partial charge >= 0.3 is 11.5 Å². The molecule has 2 fully saturated rings. The van der Waals surface area contributed by atoms with E-state index in [0.717, 1.165) is 24.6 Å². The molecule has 3 aromatic carbocycles. The van der Waals surface area contributed by atoms with Crippen LogP contribution in [0.2, 0.25) is 0 Å². The van der Waals surface area contributed by atoms with Crippen molar-refractivity contribution in [1.82, 2.24) is 5.32 Å². The van der Waals surface area contributed by atoms with E-state index in [9.17, 15) is 41.2 Å². The van der Waals surface area contributed by atoms with Gasteiger partial charge in [-0.2, -0.15) is 18.4 Å². The van der Waals surface area contributed by atoms with E-state index in [1.165, 1.54) is 37.4 Å². The normalized spacial score (nSPS) is 20.2. The lowest BCUT2D eigenvalue weighted by molar-refractivity contribution is -0.139. The van der Waals surface area contributed by atoms with E-state index in [2.05, 4.69) is 16.7 Å². The molecule has 246 valence electrons. The van der Waals surface area contributed by atoms with Gasteiger partial charge in [-0.3, -0.25) is 9.59 Å². The number of rotatable bonds is 10. The quantitative estimate of drug-likeness (QED) is 0.275. The van der Waals surface area contributed by atoms with E-state index in [1.54, 1.807) is 12.1 Å². The van der Waals surface area contributed by atoms with Crippen molar-refractivity contribution >= 4 is 33.3 Å². The number of carboxylic acid groups (broad SMARTS) is 1. The molecule has 11 nitrogen and oxygen atoms in total. The number of sulfone groups is 1. The minimum Gasteiger partial charge on any atom is -0.496 e. The van der Waals surface area contributed by atoms with Gasteiger partial charge in [0, 0.05) is 17.3 Å². The molecule has 47 heavy (non-hydrogen) atoms. The molecule has 2 amide bonds. The van der Waals surface area contributed by atoms with Gasteiger partial charge in [-0.05, 0) is 79.1 Å². The number of carbonyl (C=O) groups is 3. The largest absolute Gasteiger partial charge is 0.501 e. The monoisotopic (exact) mass is 671 g/mol. The highest BCUT2D eigenvalue weighted by Gasteiger charge is 2.52. The summed E-state index contributed by atoms with van der Waals surface area (Å²) in [5, 5.41) is 24.1. The number of nitrogens with zero attached hydrogens (tertiary/aromatic N) is 1. The van der Waals surface area contributed by atoms with Crippen LogP contribution >= 0.6 is 0 Å². The predicted octanol–water partition coefficient (Wildman–Crippen LogP) is 4.77. The Labute approximate surface area is 267 Å². The van der Waals surface area contributed by atoms with Crippen molar-refractivity contribution in [1.29, 1.82) is 5.26 Å². The van der Waals surface area contributed by atoms with Crippen molar-refractivity contribution in [2.45, 2.75) is 35.7 Å². The lowest BCUT2D eigenvalue weighted by Crippen LogP contribution is -2.48. The predicted molar refractivity (Wildman–Crippen MR) is 160 cm³/mol. The molecule has 0 aliphatic heterocycles. The zero-order valence-corrected chi connectivity index (χ0v) is 25.5. The number of hydrogen-bond donors (Lipinski definition) is 3. The molecule has 0 aromatic heterocycles. The molecular weight excluding hydrogens is 643 g/mol. The third-order valence-electron chi connectivity index (χ3n) is 8.47. The van der Waals surface area contributed by atoms with Gasteiger partial charge in [-0.15, -0.1) is 0 Å². The van der Waals surface area contributed by atoms with Gasteiger partial charge in [0.05, 0.1) is 35.1 Å². The zero-order chi connectivity index (χ0) is 34.1. The third kappa shape index (κ3) is 6.73. The molecular formula is C32H28F3N3O8S. The maximum absolute atomic E-state index is 13.8. The van der Waals surface area contributed by atoms with E-state index >= 15 is 0 Å². The summed E-state index contributed by atoms with van der Waals surface area (Å²) in [6.45, 7) is -0.538. The molecule has 0 spiro atoms.